The molecule has 1 heterocycles. The maximum Gasteiger partial charge on any atom is 0.0645 e. The smallest absolute Gasteiger partial charge is 0.0645 e. The van der Waals surface area contributed by atoms with Crippen molar-refractivity contribution >= 4 is 0 Å². The summed E-state index contributed by atoms with van der Waals surface area (Å²) in [5, 5.41) is 7.09. The van der Waals surface area contributed by atoms with Crippen molar-refractivity contribution < 1.29 is 4.74 Å². The zero-order valence-corrected chi connectivity index (χ0v) is 10.5. The second-order valence-corrected chi connectivity index (χ2v) is 4.80. The van der Waals surface area contributed by atoms with Crippen LogP contribution in [0, 0.1) is 0 Å². The quantitative estimate of drug-likeness (QED) is 0.811. The molecule has 0 aromatic heterocycles. The average Bonchev–Trinajstić information content (AvgIpc) is 2.39. The monoisotopic (exact) mass is 234 g/mol. The number of rotatable bonds is 5. The maximum absolute atomic E-state index is 5.38. The largest absolute Gasteiger partial charge is 0.383 e. The molecule has 1 aliphatic rings. The molecule has 1 aromatic rings. The molecule has 0 aliphatic carbocycles. The van der Waals surface area contributed by atoms with E-state index in [1.54, 1.807) is 7.11 Å². The van der Waals surface area contributed by atoms with Crippen LogP contribution in [-0.2, 0) is 11.3 Å². The molecule has 0 saturated carbocycles. The van der Waals surface area contributed by atoms with E-state index in [0.717, 1.165) is 39.1 Å². The highest BCUT2D eigenvalue weighted by molar-refractivity contribution is 5.15. The van der Waals surface area contributed by atoms with E-state index in [9.17, 15) is 0 Å². The lowest BCUT2D eigenvalue weighted by molar-refractivity contribution is 0.0852. The number of hydrogen-bond acceptors (Lipinski definition) is 3. The number of methoxy groups -OCH3 is 1. The van der Waals surface area contributed by atoms with E-state index in [4.69, 9.17) is 4.74 Å². The van der Waals surface area contributed by atoms with Gasteiger partial charge in [-0.05, 0) is 31.5 Å². The molecule has 0 unspecified atom stereocenters. The SMILES string of the molecule is COCC1(NCc2ccccc2)CCNCC1. The highest BCUT2D eigenvalue weighted by atomic mass is 16.5. The van der Waals surface area contributed by atoms with Crippen LogP contribution in [0.3, 0.4) is 0 Å². The molecule has 0 bridgehead atoms. The molecule has 2 rings (SSSR count). The number of piperidine rings is 1. The van der Waals surface area contributed by atoms with Gasteiger partial charge in [0.25, 0.3) is 0 Å². The summed E-state index contributed by atoms with van der Waals surface area (Å²) in [6.45, 7) is 3.86. The molecule has 94 valence electrons. The molecule has 3 nitrogen and oxygen atoms in total. The van der Waals surface area contributed by atoms with Gasteiger partial charge in [0, 0.05) is 19.2 Å². The second kappa shape index (κ2) is 6.15. The van der Waals surface area contributed by atoms with Crippen molar-refractivity contribution in [1.82, 2.24) is 10.6 Å². The summed E-state index contributed by atoms with van der Waals surface area (Å²) in [5.41, 5.74) is 1.48. The molecule has 0 radical (unpaired) electrons. The molecule has 1 aliphatic heterocycles. The number of ether oxygens (including phenoxy) is 1. The van der Waals surface area contributed by atoms with E-state index < -0.39 is 0 Å². The fourth-order valence-electron chi connectivity index (χ4n) is 2.44. The highest BCUT2D eigenvalue weighted by Gasteiger charge is 2.31. The lowest BCUT2D eigenvalue weighted by Crippen LogP contribution is -2.54. The maximum atomic E-state index is 5.38. The summed E-state index contributed by atoms with van der Waals surface area (Å²) in [4.78, 5) is 0. The standard InChI is InChI=1S/C14H22N2O/c1-17-12-14(7-9-15-10-8-14)16-11-13-5-3-2-4-6-13/h2-6,15-16H,7-12H2,1H3. The van der Waals surface area contributed by atoms with Crippen LogP contribution in [-0.4, -0.2) is 32.3 Å². The fraction of sp³-hybridized carbons (Fsp3) is 0.571. The lowest BCUT2D eigenvalue weighted by Gasteiger charge is -2.38. The van der Waals surface area contributed by atoms with Crippen LogP contribution in [0.15, 0.2) is 30.3 Å². The predicted octanol–water partition coefficient (Wildman–Crippen LogP) is 1.54. The first-order valence-corrected chi connectivity index (χ1v) is 6.33. The topological polar surface area (TPSA) is 33.3 Å². The van der Waals surface area contributed by atoms with Crippen LogP contribution in [0.1, 0.15) is 18.4 Å². The van der Waals surface area contributed by atoms with E-state index in [2.05, 4.69) is 41.0 Å². The Morgan fingerprint density at radius 1 is 1.24 bits per heavy atom. The van der Waals surface area contributed by atoms with E-state index in [1.807, 2.05) is 0 Å². The van der Waals surface area contributed by atoms with Crippen molar-refractivity contribution in [2.45, 2.75) is 24.9 Å². The Morgan fingerprint density at radius 2 is 1.94 bits per heavy atom. The van der Waals surface area contributed by atoms with Gasteiger partial charge in [-0.1, -0.05) is 30.3 Å². The van der Waals surface area contributed by atoms with Gasteiger partial charge >= 0.3 is 0 Å². The van der Waals surface area contributed by atoms with E-state index in [-0.39, 0.29) is 5.54 Å². The van der Waals surface area contributed by atoms with Gasteiger partial charge in [0.15, 0.2) is 0 Å². The number of benzene rings is 1. The molecular weight excluding hydrogens is 212 g/mol. The zero-order valence-electron chi connectivity index (χ0n) is 10.5. The van der Waals surface area contributed by atoms with Gasteiger partial charge in [-0.25, -0.2) is 0 Å². The van der Waals surface area contributed by atoms with Gasteiger partial charge in [-0.15, -0.1) is 0 Å². The van der Waals surface area contributed by atoms with Gasteiger partial charge < -0.3 is 15.4 Å². The van der Waals surface area contributed by atoms with Crippen molar-refractivity contribution in [2.24, 2.45) is 0 Å². The molecule has 3 heteroatoms. The average molecular weight is 234 g/mol. The summed E-state index contributed by atoms with van der Waals surface area (Å²) < 4.78 is 5.38. The first-order valence-electron chi connectivity index (χ1n) is 6.33. The minimum absolute atomic E-state index is 0.149. The second-order valence-electron chi connectivity index (χ2n) is 4.80. The van der Waals surface area contributed by atoms with Crippen LogP contribution >= 0.6 is 0 Å². The third-order valence-electron chi connectivity index (χ3n) is 3.49. The van der Waals surface area contributed by atoms with Crippen LogP contribution < -0.4 is 10.6 Å². The Balaban J connectivity index is 1.93. The van der Waals surface area contributed by atoms with Crippen molar-refractivity contribution in [3.8, 4) is 0 Å². The van der Waals surface area contributed by atoms with E-state index >= 15 is 0 Å². The minimum atomic E-state index is 0.149. The highest BCUT2D eigenvalue weighted by Crippen LogP contribution is 2.19. The molecule has 17 heavy (non-hydrogen) atoms. The summed E-state index contributed by atoms with van der Waals surface area (Å²) in [6.07, 6.45) is 2.27. The summed E-state index contributed by atoms with van der Waals surface area (Å²) in [6, 6.07) is 10.5. The van der Waals surface area contributed by atoms with Crippen molar-refractivity contribution in [3.63, 3.8) is 0 Å². The van der Waals surface area contributed by atoms with Crippen LogP contribution in [0.4, 0.5) is 0 Å². The molecule has 2 N–H and O–H groups in total. The van der Waals surface area contributed by atoms with Gasteiger partial charge in [0.2, 0.25) is 0 Å². The van der Waals surface area contributed by atoms with Crippen molar-refractivity contribution in [1.29, 1.82) is 0 Å². The van der Waals surface area contributed by atoms with Crippen molar-refractivity contribution in [2.75, 3.05) is 26.8 Å². The molecule has 1 fully saturated rings. The molecule has 0 spiro atoms. The lowest BCUT2D eigenvalue weighted by atomic mass is 9.89. The first-order chi connectivity index (χ1) is 8.35. The van der Waals surface area contributed by atoms with Gasteiger partial charge in [0.1, 0.15) is 0 Å². The fourth-order valence-corrected chi connectivity index (χ4v) is 2.44. The Labute approximate surface area is 104 Å². The number of hydrogen-bond donors (Lipinski definition) is 2. The predicted molar refractivity (Wildman–Crippen MR) is 70.0 cm³/mol. The Bertz CT molecular complexity index is 315. The summed E-state index contributed by atoms with van der Waals surface area (Å²) in [7, 11) is 1.79. The Kier molecular flexibility index (Phi) is 4.54. The normalized spacial score (nSPS) is 19.1. The van der Waals surface area contributed by atoms with Crippen LogP contribution in [0.25, 0.3) is 0 Å². The Morgan fingerprint density at radius 3 is 2.59 bits per heavy atom. The summed E-state index contributed by atoms with van der Waals surface area (Å²) >= 11 is 0. The van der Waals surface area contributed by atoms with Crippen molar-refractivity contribution in [3.05, 3.63) is 35.9 Å². The molecular formula is C14H22N2O. The Hall–Kier alpha value is -0.900. The van der Waals surface area contributed by atoms with Crippen LogP contribution in [0.2, 0.25) is 0 Å². The molecule has 0 amide bonds. The van der Waals surface area contributed by atoms with E-state index in [0.29, 0.717) is 0 Å². The number of nitrogens with one attached hydrogen (secondary N) is 2. The van der Waals surface area contributed by atoms with Crippen LogP contribution in [0.5, 0.6) is 0 Å². The summed E-state index contributed by atoms with van der Waals surface area (Å²) in [5.74, 6) is 0. The molecule has 1 saturated heterocycles. The van der Waals surface area contributed by atoms with E-state index in [1.165, 1.54) is 5.56 Å². The zero-order chi connectivity index (χ0) is 12.0. The minimum Gasteiger partial charge on any atom is -0.383 e. The third kappa shape index (κ3) is 3.53. The van der Waals surface area contributed by atoms with Gasteiger partial charge in [-0.3, -0.25) is 0 Å². The van der Waals surface area contributed by atoms with Gasteiger partial charge in [0.05, 0.1) is 6.61 Å². The van der Waals surface area contributed by atoms with Gasteiger partial charge in [-0.2, -0.15) is 0 Å². The third-order valence-corrected chi connectivity index (χ3v) is 3.49. The first kappa shape index (κ1) is 12.6. The molecule has 1 aromatic carbocycles. The molecule has 0 atom stereocenters.